The number of carbonyl (C=O) groups excluding carboxylic acids is 1. The first-order valence-corrected chi connectivity index (χ1v) is 14.8. The number of nitrogens with zero attached hydrogens (tertiary/aromatic N) is 6. The quantitative estimate of drug-likeness (QED) is 0.262. The monoisotopic (exact) mass is 588 g/mol. The molecule has 8 nitrogen and oxygen atoms in total. The number of thiophene rings is 1. The van der Waals surface area contributed by atoms with Crippen molar-refractivity contribution in [1.82, 2.24) is 19.8 Å². The van der Waals surface area contributed by atoms with Gasteiger partial charge in [0.1, 0.15) is 17.9 Å². The van der Waals surface area contributed by atoms with Crippen LogP contribution < -0.4 is 9.64 Å². The first kappa shape index (κ1) is 28.0. The average molecular weight is 589 g/mol. The summed E-state index contributed by atoms with van der Waals surface area (Å²) < 4.78 is 37.3. The average Bonchev–Trinajstić information content (AvgIpc) is 3.64. The van der Waals surface area contributed by atoms with Crippen molar-refractivity contribution in [3.63, 3.8) is 0 Å². The van der Waals surface area contributed by atoms with E-state index in [1.807, 2.05) is 47.7 Å². The second-order valence-electron chi connectivity index (χ2n) is 10.8. The second kappa shape index (κ2) is 11.6. The summed E-state index contributed by atoms with van der Waals surface area (Å²) in [5, 5.41) is 13.0. The molecule has 11 heteroatoms. The predicted octanol–water partition coefficient (Wildman–Crippen LogP) is 5.54. The van der Waals surface area contributed by atoms with Gasteiger partial charge in [0.25, 0.3) is 5.91 Å². The van der Waals surface area contributed by atoms with Gasteiger partial charge in [-0.05, 0) is 49.3 Å². The van der Waals surface area contributed by atoms with Crippen LogP contribution in [0, 0.1) is 17.1 Å². The molecule has 2 unspecified atom stereocenters. The summed E-state index contributed by atoms with van der Waals surface area (Å²) in [4.78, 5) is 27.2. The molecule has 2 fully saturated rings. The maximum absolute atomic E-state index is 16.5. The molecule has 2 aliphatic rings. The summed E-state index contributed by atoms with van der Waals surface area (Å²) >= 11 is 1.56. The number of nitriles is 1. The van der Waals surface area contributed by atoms with Gasteiger partial charge in [0.15, 0.2) is 11.6 Å². The molecule has 0 radical (unpaired) electrons. The topological polar surface area (TPSA) is 85.6 Å². The van der Waals surface area contributed by atoms with Gasteiger partial charge in [-0.3, -0.25) is 4.79 Å². The van der Waals surface area contributed by atoms with Crippen molar-refractivity contribution in [3.8, 4) is 23.2 Å². The highest BCUT2D eigenvalue weighted by Gasteiger charge is 2.33. The molecule has 0 spiro atoms. The van der Waals surface area contributed by atoms with Gasteiger partial charge in [-0.15, -0.1) is 11.3 Å². The number of aromatic nitrogens is 2. The number of carbonyl (C=O) groups is 1. The van der Waals surface area contributed by atoms with Gasteiger partial charge in [-0.2, -0.15) is 15.2 Å². The molecule has 2 aromatic heterocycles. The smallest absolute Gasteiger partial charge is 0.319 e. The molecular weight excluding hydrogens is 558 g/mol. The van der Waals surface area contributed by atoms with E-state index in [9.17, 15) is 14.4 Å². The third-order valence-electron chi connectivity index (χ3n) is 8.21. The number of likely N-dealkylation sites (N-methyl/N-ethyl adjacent to an activating group) is 1. The normalized spacial score (nSPS) is 19.4. The highest BCUT2D eigenvalue weighted by molar-refractivity contribution is 7.17. The van der Waals surface area contributed by atoms with Gasteiger partial charge in [0.2, 0.25) is 0 Å². The Hall–Kier alpha value is -4.14. The van der Waals surface area contributed by atoms with Gasteiger partial charge in [-0.25, -0.2) is 8.78 Å². The van der Waals surface area contributed by atoms with E-state index >= 15 is 4.39 Å². The van der Waals surface area contributed by atoms with Crippen LogP contribution in [0.5, 0.6) is 6.01 Å². The van der Waals surface area contributed by atoms with Crippen LogP contribution in [0.1, 0.15) is 19.3 Å². The highest BCUT2D eigenvalue weighted by Crippen LogP contribution is 2.38. The number of ether oxygens (including phenoxy) is 1. The molecule has 2 saturated heterocycles. The second-order valence-corrected chi connectivity index (χ2v) is 11.7. The molecule has 0 N–H and O–H groups in total. The molecule has 2 atom stereocenters. The first-order valence-electron chi connectivity index (χ1n) is 13.9. The SMILES string of the molecule is C=C(F)C(=O)N1CCN(c2nc(OCC3CCCN3C)nc3c(F)c(-c4cccc5ccsc45)ccc23)CC1CC#N. The molecule has 0 aliphatic carbocycles. The van der Waals surface area contributed by atoms with Gasteiger partial charge in [-0.1, -0.05) is 30.8 Å². The minimum atomic E-state index is -1.07. The van der Waals surface area contributed by atoms with E-state index in [0.717, 1.165) is 35.0 Å². The van der Waals surface area contributed by atoms with E-state index < -0.39 is 23.6 Å². The molecule has 4 aromatic rings. The zero-order valence-corrected chi connectivity index (χ0v) is 24.0. The van der Waals surface area contributed by atoms with Crippen LogP contribution >= 0.6 is 11.3 Å². The van der Waals surface area contributed by atoms with Crippen LogP contribution in [0.2, 0.25) is 0 Å². The van der Waals surface area contributed by atoms with Crippen molar-refractivity contribution in [2.45, 2.75) is 31.3 Å². The van der Waals surface area contributed by atoms with Crippen LogP contribution in [0.25, 0.3) is 32.1 Å². The standard InChI is InChI=1S/C31H30F2N6O2S/c1-19(32)30(40)39-15-14-38(17-21(39)10-12-34)29-25-9-8-23(24-7-3-5-20-11-16-42-28(20)24)26(33)27(25)35-31(36-29)41-18-22-6-4-13-37(22)2/h3,5,7-9,11,16,21-22H,1,4,6,10,13-15,17-18H2,2H3. The lowest BCUT2D eigenvalue weighted by atomic mass is 10.0. The number of benzene rings is 2. The number of likely N-dealkylation sites (tertiary alicyclic amines) is 1. The summed E-state index contributed by atoms with van der Waals surface area (Å²) in [5.74, 6) is -1.92. The van der Waals surface area contributed by atoms with Crippen molar-refractivity contribution in [1.29, 1.82) is 5.26 Å². The largest absolute Gasteiger partial charge is 0.462 e. The van der Waals surface area contributed by atoms with Crippen LogP contribution in [0.15, 0.2) is 54.2 Å². The van der Waals surface area contributed by atoms with Crippen molar-refractivity contribution in [3.05, 3.63) is 60.0 Å². The minimum absolute atomic E-state index is 0.000757. The van der Waals surface area contributed by atoms with Crippen molar-refractivity contribution in [2.75, 3.05) is 44.7 Å². The Morgan fingerprint density at radius 3 is 2.79 bits per heavy atom. The molecule has 0 bridgehead atoms. The summed E-state index contributed by atoms with van der Waals surface area (Å²) in [5.41, 5.74) is 1.35. The first-order chi connectivity index (χ1) is 20.4. The van der Waals surface area contributed by atoms with Gasteiger partial charge in [0.05, 0.1) is 18.5 Å². The van der Waals surface area contributed by atoms with E-state index in [0.29, 0.717) is 29.9 Å². The molecular formula is C31H30F2N6O2S. The van der Waals surface area contributed by atoms with E-state index in [2.05, 4.69) is 22.5 Å². The number of halogens is 2. The number of hydrogen-bond donors (Lipinski definition) is 0. The molecule has 0 saturated carbocycles. The molecule has 4 heterocycles. The number of amides is 1. The van der Waals surface area contributed by atoms with E-state index in [1.165, 1.54) is 4.90 Å². The fourth-order valence-corrected chi connectivity index (χ4v) is 6.88. The van der Waals surface area contributed by atoms with Crippen molar-refractivity contribution >= 4 is 44.1 Å². The Labute approximate surface area is 246 Å². The lowest BCUT2D eigenvalue weighted by molar-refractivity contribution is -0.131. The molecule has 2 aromatic carbocycles. The number of anilines is 1. The number of fused-ring (bicyclic) bond motifs is 2. The molecule has 2 aliphatic heterocycles. The van der Waals surface area contributed by atoms with E-state index in [4.69, 9.17) is 9.72 Å². The van der Waals surface area contributed by atoms with Crippen LogP contribution in [0.3, 0.4) is 0 Å². The fourth-order valence-electron chi connectivity index (χ4n) is 5.96. The zero-order valence-electron chi connectivity index (χ0n) is 23.2. The zero-order chi connectivity index (χ0) is 29.4. The summed E-state index contributed by atoms with van der Waals surface area (Å²) in [7, 11) is 2.05. The lowest BCUT2D eigenvalue weighted by Crippen LogP contribution is -2.55. The van der Waals surface area contributed by atoms with Gasteiger partial charge < -0.3 is 19.4 Å². The summed E-state index contributed by atoms with van der Waals surface area (Å²) in [6.07, 6.45) is 2.07. The van der Waals surface area contributed by atoms with E-state index in [1.54, 1.807) is 17.4 Å². The number of piperazine rings is 1. The van der Waals surface area contributed by atoms with Gasteiger partial charge >= 0.3 is 6.01 Å². The van der Waals surface area contributed by atoms with Crippen LogP contribution in [0.4, 0.5) is 14.6 Å². The third kappa shape index (κ3) is 5.16. The maximum Gasteiger partial charge on any atom is 0.319 e. The molecule has 216 valence electrons. The Morgan fingerprint density at radius 1 is 1.17 bits per heavy atom. The molecule has 6 rings (SSSR count). The number of rotatable bonds is 7. The maximum atomic E-state index is 16.5. The summed E-state index contributed by atoms with van der Waals surface area (Å²) in [6, 6.07) is 13.2. The Morgan fingerprint density at radius 2 is 2.02 bits per heavy atom. The molecule has 1 amide bonds. The van der Waals surface area contributed by atoms with Crippen LogP contribution in [-0.4, -0.2) is 77.6 Å². The Bertz CT molecular complexity index is 1720. The predicted molar refractivity (Wildman–Crippen MR) is 160 cm³/mol. The summed E-state index contributed by atoms with van der Waals surface area (Å²) in [6.45, 7) is 5.16. The fraction of sp³-hybridized carbons (Fsp3) is 0.355. The lowest BCUT2D eigenvalue weighted by Gasteiger charge is -2.41. The van der Waals surface area contributed by atoms with Crippen molar-refractivity contribution in [2.24, 2.45) is 0 Å². The van der Waals surface area contributed by atoms with Gasteiger partial charge in [0, 0.05) is 46.9 Å². The minimum Gasteiger partial charge on any atom is -0.462 e. The highest BCUT2D eigenvalue weighted by atomic mass is 32.1. The number of hydrogen-bond acceptors (Lipinski definition) is 8. The third-order valence-corrected chi connectivity index (χ3v) is 9.18. The van der Waals surface area contributed by atoms with E-state index in [-0.39, 0.29) is 37.1 Å². The Balaban J connectivity index is 1.43. The van der Waals surface area contributed by atoms with Crippen LogP contribution in [-0.2, 0) is 4.79 Å². The molecule has 42 heavy (non-hydrogen) atoms. The van der Waals surface area contributed by atoms with Crippen molar-refractivity contribution < 1.29 is 18.3 Å². The Kier molecular flexibility index (Phi) is 7.75.